The summed E-state index contributed by atoms with van der Waals surface area (Å²) in [6.45, 7) is 2.31. The van der Waals surface area contributed by atoms with E-state index < -0.39 is 17.4 Å². The fraction of sp³-hybridized carbons (Fsp3) is 0.133. The maximum absolute atomic E-state index is 13.8. The van der Waals surface area contributed by atoms with E-state index in [4.69, 9.17) is 16.3 Å². The van der Waals surface area contributed by atoms with Crippen molar-refractivity contribution >= 4 is 33.3 Å². The van der Waals surface area contributed by atoms with Gasteiger partial charge in [-0.3, -0.25) is 4.79 Å². The standard InChI is InChI=1S/C15H10BrClF2O2/c1-2-21-14-4-3-8(5-10(14)16)15(20)9-6-13(19)11(17)7-12(9)18/h3-7H,2H2,1H3. The number of ether oxygens (including phenoxy) is 1. The van der Waals surface area contributed by atoms with Crippen LogP contribution >= 0.6 is 27.5 Å². The summed E-state index contributed by atoms with van der Waals surface area (Å²) in [6, 6.07) is 6.16. The van der Waals surface area contributed by atoms with Gasteiger partial charge in [0.25, 0.3) is 0 Å². The van der Waals surface area contributed by atoms with E-state index in [0.29, 0.717) is 16.8 Å². The van der Waals surface area contributed by atoms with E-state index >= 15 is 0 Å². The van der Waals surface area contributed by atoms with Crippen molar-refractivity contribution in [3.8, 4) is 5.75 Å². The molecule has 2 aromatic rings. The second kappa shape index (κ2) is 6.54. The number of halogens is 4. The summed E-state index contributed by atoms with van der Waals surface area (Å²) in [5.74, 6) is -1.77. The molecule has 0 aromatic heterocycles. The van der Waals surface area contributed by atoms with Gasteiger partial charge < -0.3 is 4.74 Å². The fourth-order valence-electron chi connectivity index (χ4n) is 1.77. The smallest absolute Gasteiger partial charge is 0.196 e. The molecule has 0 fully saturated rings. The van der Waals surface area contributed by atoms with Crippen LogP contribution in [-0.2, 0) is 0 Å². The maximum atomic E-state index is 13.8. The molecule has 110 valence electrons. The lowest BCUT2D eigenvalue weighted by Crippen LogP contribution is -2.06. The molecule has 0 unspecified atom stereocenters. The molecule has 0 bridgehead atoms. The van der Waals surface area contributed by atoms with Crippen LogP contribution in [0.5, 0.6) is 5.75 Å². The van der Waals surface area contributed by atoms with Gasteiger partial charge in [-0.15, -0.1) is 0 Å². The Morgan fingerprint density at radius 2 is 1.95 bits per heavy atom. The highest BCUT2D eigenvalue weighted by molar-refractivity contribution is 9.10. The lowest BCUT2D eigenvalue weighted by Gasteiger charge is -2.08. The number of carbonyl (C=O) groups excluding carboxylic acids is 1. The number of ketones is 1. The quantitative estimate of drug-likeness (QED) is 0.554. The molecule has 2 nitrogen and oxygen atoms in total. The molecular weight excluding hydrogens is 366 g/mol. The molecule has 0 saturated heterocycles. The molecule has 0 radical (unpaired) electrons. The first-order chi connectivity index (χ1) is 9.93. The van der Waals surface area contributed by atoms with Gasteiger partial charge in [-0.25, -0.2) is 8.78 Å². The Balaban J connectivity index is 2.41. The minimum atomic E-state index is -0.864. The van der Waals surface area contributed by atoms with Crippen LogP contribution in [0.25, 0.3) is 0 Å². The van der Waals surface area contributed by atoms with Gasteiger partial charge in [0.05, 0.1) is 21.7 Å². The molecule has 0 spiro atoms. The van der Waals surface area contributed by atoms with Gasteiger partial charge in [-0.1, -0.05) is 11.6 Å². The summed E-state index contributed by atoms with van der Waals surface area (Å²) in [6.07, 6.45) is 0. The predicted octanol–water partition coefficient (Wildman–Crippen LogP) is 5.01. The Morgan fingerprint density at radius 1 is 1.24 bits per heavy atom. The van der Waals surface area contributed by atoms with E-state index in [0.717, 1.165) is 12.1 Å². The topological polar surface area (TPSA) is 26.3 Å². The van der Waals surface area contributed by atoms with Crippen LogP contribution < -0.4 is 4.74 Å². The second-order valence-electron chi connectivity index (χ2n) is 4.15. The lowest BCUT2D eigenvalue weighted by molar-refractivity contribution is 0.103. The van der Waals surface area contributed by atoms with Crippen molar-refractivity contribution < 1.29 is 18.3 Å². The summed E-state index contributed by atoms with van der Waals surface area (Å²) in [5.41, 5.74) is -0.154. The molecule has 0 aliphatic carbocycles. The maximum Gasteiger partial charge on any atom is 0.196 e. The van der Waals surface area contributed by atoms with E-state index in [9.17, 15) is 13.6 Å². The molecule has 0 atom stereocenters. The van der Waals surface area contributed by atoms with Crippen LogP contribution in [0.3, 0.4) is 0 Å². The minimum absolute atomic E-state index is 0.214. The van der Waals surface area contributed by atoms with E-state index in [-0.39, 0.29) is 16.1 Å². The molecule has 2 aromatic carbocycles. The van der Waals surface area contributed by atoms with Crippen LogP contribution in [0.4, 0.5) is 8.78 Å². The monoisotopic (exact) mass is 374 g/mol. The van der Waals surface area contributed by atoms with Crippen molar-refractivity contribution in [3.05, 3.63) is 62.6 Å². The summed E-state index contributed by atoms with van der Waals surface area (Å²) in [7, 11) is 0. The number of hydrogen-bond acceptors (Lipinski definition) is 2. The van der Waals surface area contributed by atoms with E-state index in [2.05, 4.69) is 15.9 Å². The highest BCUT2D eigenvalue weighted by Crippen LogP contribution is 2.28. The Hall–Kier alpha value is -1.46. The van der Waals surface area contributed by atoms with Crippen LogP contribution in [0, 0.1) is 11.6 Å². The van der Waals surface area contributed by atoms with Crippen molar-refractivity contribution in [2.45, 2.75) is 6.92 Å². The first kappa shape index (κ1) is 15.9. The molecule has 0 aliphatic rings. The molecule has 0 saturated carbocycles. The number of carbonyl (C=O) groups is 1. The third-order valence-electron chi connectivity index (χ3n) is 2.75. The fourth-order valence-corrected chi connectivity index (χ4v) is 2.41. The Bertz CT molecular complexity index is 704. The normalized spacial score (nSPS) is 10.5. The first-order valence-corrected chi connectivity index (χ1v) is 7.22. The third-order valence-corrected chi connectivity index (χ3v) is 3.66. The van der Waals surface area contributed by atoms with Crippen LogP contribution in [-0.4, -0.2) is 12.4 Å². The summed E-state index contributed by atoms with van der Waals surface area (Å²) < 4.78 is 33.0. The average Bonchev–Trinajstić information content (AvgIpc) is 2.44. The van der Waals surface area contributed by atoms with Gasteiger partial charge in [-0.05, 0) is 53.2 Å². The second-order valence-corrected chi connectivity index (χ2v) is 5.42. The van der Waals surface area contributed by atoms with E-state index in [1.165, 1.54) is 12.1 Å². The zero-order valence-electron chi connectivity index (χ0n) is 10.9. The van der Waals surface area contributed by atoms with Crippen molar-refractivity contribution in [1.82, 2.24) is 0 Å². The van der Waals surface area contributed by atoms with Gasteiger partial charge >= 0.3 is 0 Å². The van der Waals surface area contributed by atoms with Crippen LogP contribution in [0.2, 0.25) is 5.02 Å². The highest BCUT2D eigenvalue weighted by Gasteiger charge is 2.18. The lowest BCUT2D eigenvalue weighted by atomic mass is 10.0. The van der Waals surface area contributed by atoms with Crippen molar-refractivity contribution in [1.29, 1.82) is 0 Å². The van der Waals surface area contributed by atoms with E-state index in [1.54, 1.807) is 6.07 Å². The van der Waals surface area contributed by atoms with Crippen LogP contribution in [0.15, 0.2) is 34.8 Å². The zero-order valence-corrected chi connectivity index (χ0v) is 13.3. The van der Waals surface area contributed by atoms with Gasteiger partial charge in [0, 0.05) is 5.56 Å². The molecule has 21 heavy (non-hydrogen) atoms. The number of benzene rings is 2. The molecule has 2 rings (SSSR count). The Kier molecular flexibility index (Phi) is 4.96. The number of hydrogen-bond donors (Lipinski definition) is 0. The van der Waals surface area contributed by atoms with Gasteiger partial charge in [0.2, 0.25) is 0 Å². The molecule has 6 heteroatoms. The summed E-state index contributed by atoms with van der Waals surface area (Å²) >= 11 is 8.73. The average molecular weight is 376 g/mol. The molecule has 0 aliphatic heterocycles. The summed E-state index contributed by atoms with van der Waals surface area (Å²) in [4.78, 5) is 12.2. The van der Waals surface area contributed by atoms with E-state index in [1.807, 2.05) is 6.92 Å². The zero-order chi connectivity index (χ0) is 15.6. The predicted molar refractivity (Wildman–Crippen MR) is 80.1 cm³/mol. The summed E-state index contributed by atoms with van der Waals surface area (Å²) in [5, 5.41) is -0.364. The molecule has 0 N–H and O–H groups in total. The van der Waals surface area contributed by atoms with Gasteiger partial charge in [0.15, 0.2) is 5.78 Å². The Morgan fingerprint density at radius 3 is 2.57 bits per heavy atom. The SMILES string of the molecule is CCOc1ccc(C(=O)c2cc(F)c(Cl)cc2F)cc1Br. The first-order valence-electron chi connectivity index (χ1n) is 6.05. The Labute approximate surface area is 133 Å². The van der Waals surface area contributed by atoms with Gasteiger partial charge in [0.1, 0.15) is 17.4 Å². The van der Waals surface area contributed by atoms with Gasteiger partial charge in [-0.2, -0.15) is 0 Å². The number of rotatable bonds is 4. The van der Waals surface area contributed by atoms with Crippen molar-refractivity contribution in [3.63, 3.8) is 0 Å². The molecule has 0 heterocycles. The highest BCUT2D eigenvalue weighted by atomic mass is 79.9. The largest absolute Gasteiger partial charge is 0.493 e. The minimum Gasteiger partial charge on any atom is -0.493 e. The van der Waals surface area contributed by atoms with Crippen LogP contribution in [0.1, 0.15) is 22.8 Å². The van der Waals surface area contributed by atoms with Crippen molar-refractivity contribution in [2.24, 2.45) is 0 Å². The molecule has 0 amide bonds. The molecular formula is C15H10BrClF2O2. The third kappa shape index (κ3) is 3.41. The van der Waals surface area contributed by atoms with Crippen molar-refractivity contribution in [2.75, 3.05) is 6.61 Å².